The van der Waals surface area contributed by atoms with Crippen LogP contribution >= 0.6 is 0 Å². The largest absolute Gasteiger partial charge is 0.493 e. The molecular formula is C17H25NO4. The number of carbonyl (C=O) groups excluding carboxylic acids is 1. The van der Waals surface area contributed by atoms with Crippen LogP contribution in [0.25, 0.3) is 6.08 Å². The summed E-state index contributed by atoms with van der Waals surface area (Å²) in [4.78, 5) is 12.0. The van der Waals surface area contributed by atoms with Gasteiger partial charge in [-0.25, -0.2) is 0 Å². The molecule has 5 nitrogen and oxygen atoms in total. The van der Waals surface area contributed by atoms with Crippen LogP contribution in [0.2, 0.25) is 0 Å². The van der Waals surface area contributed by atoms with Gasteiger partial charge in [0.15, 0.2) is 11.5 Å². The maximum absolute atomic E-state index is 12.0. The highest BCUT2D eigenvalue weighted by Gasteiger charge is 2.06. The van der Waals surface area contributed by atoms with Crippen LogP contribution in [0.5, 0.6) is 11.5 Å². The first kappa shape index (κ1) is 18.0. The SMILES string of the molecule is COc1ccc(/C=C(\C)C(=O)NCCCCCO)cc1OC. The van der Waals surface area contributed by atoms with Crippen molar-refractivity contribution < 1.29 is 19.4 Å². The lowest BCUT2D eigenvalue weighted by Crippen LogP contribution is -2.25. The van der Waals surface area contributed by atoms with Crippen molar-refractivity contribution in [3.63, 3.8) is 0 Å². The summed E-state index contributed by atoms with van der Waals surface area (Å²) in [5.74, 6) is 1.21. The average molecular weight is 307 g/mol. The Morgan fingerprint density at radius 2 is 1.91 bits per heavy atom. The Bertz CT molecular complexity index is 511. The number of rotatable bonds is 9. The number of unbranched alkanes of at least 4 members (excludes halogenated alkanes) is 2. The summed E-state index contributed by atoms with van der Waals surface area (Å²) in [5, 5.41) is 11.6. The van der Waals surface area contributed by atoms with Gasteiger partial charge in [-0.2, -0.15) is 0 Å². The summed E-state index contributed by atoms with van der Waals surface area (Å²) in [7, 11) is 3.17. The molecule has 0 aliphatic rings. The molecule has 0 fully saturated rings. The number of amides is 1. The van der Waals surface area contributed by atoms with Crippen LogP contribution in [0.4, 0.5) is 0 Å². The predicted octanol–water partition coefficient (Wildman–Crippen LogP) is 2.39. The van der Waals surface area contributed by atoms with Crippen molar-refractivity contribution in [2.45, 2.75) is 26.2 Å². The van der Waals surface area contributed by atoms with Gasteiger partial charge in [-0.3, -0.25) is 4.79 Å². The van der Waals surface area contributed by atoms with E-state index in [4.69, 9.17) is 14.6 Å². The number of aliphatic hydroxyl groups excluding tert-OH is 1. The van der Waals surface area contributed by atoms with E-state index in [-0.39, 0.29) is 12.5 Å². The Morgan fingerprint density at radius 1 is 1.18 bits per heavy atom. The summed E-state index contributed by atoms with van der Waals surface area (Å²) >= 11 is 0. The second kappa shape index (κ2) is 9.84. The van der Waals surface area contributed by atoms with Crippen LogP contribution in [-0.4, -0.2) is 38.4 Å². The molecule has 0 aliphatic carbocycles. The first-order valence-corrected chi connectivity index (χ1v) is 7.41. The molecule has 1 aromatic carbocycles. The van der Waals surface area contributed by atoms with E-state index in [1.165, 1.54) is 0 Å². The zero-order valence-electron chi connectivity index (χ0n) is 13.5. The minimum absolute atomic E-state index is 0.0845. The molecule has 1 rings (SSSR count). The van der Waals surface area contributed by atoms with Crippen LogP contribution in [-0.2, 0) is 4.79 Å². The molecule has 2 N–H and O–H groups in total. The molecule has 122 valence electrons. The lowest BCUT2D eigenvalue weighted by Gasteiger charge is -2.09. The summed E-state index contributed by atoms with van der Waals surface area (Å²) in [6.07, 6.45) is 4.37. The van der Waals surface area contributed by atoms with Gasteiger partial charge in [-0.1, -0.05) is 6.07 Å². The Morgan fingerprint density at radius 3 is 2.55 bits per heavy atom. The smallest absolute Gasteiger partial charge is 0.246 e. The van der Waals surface area contributed by atoms with E-state index < -0.39 is 0 Å². The molecule has 0 aromatic heterocycles. The third-order valence-corrected chi connectivity index (χ3v) is 3.27. The lowest BCUT2D eigenvalue weighted by atomic mass is 10.1. The zero-order chi connectivity index (χ0) is 16.4. The van der Waals surface area contributed by atoms with Gasteiger partial charge in [0.2, 0.25) is 5.91 Å². The number of benzene rings is 1. The Balaban J connectivity index is 2.61. The fraction of sp³-hybridized carbons (Fsp3) is 0.471. The van der Waals surface area contributed by atoms with Gasteiger partial charge in [0.1, 0.15) is 0 Å². The normalized spacial score (nSPS) is 11.2. The molecule has 0 saturated carbocycles. The fourth-order valence-corrected chi connectivity index (χ4v) is 2.01. The molecular weight excluding hydrogens is 282 g/mol. The van der Waals surface area contributed by atoms with Gasteiger partial charge in [-0.15, -0.1) is 0 Å². The third kappa shape index (κ3) is 5.77. The van der Waals surface area contributed by atoms with E-state index in [0.717, 1.165) is 24.8 Å². The first-order valence-electron chi connectivity index (χ1n) is 7.41. The molecule has 0 unspecified atom stereocenters. The highest BCUT2D eigenvalue weighted by Crippen LogP contribution is 2.28. The topological polar surface area (TPSA) is 67.8 Å². The number of carbonyl (C=O) groups is 1. The van der Waals surface area contributed by atoms with E-state index in [9.17, 15) is 4.79 Å². The van der Waals surface area contributed by atoms with E-state index in [1.54, 1.807) is 21.1 Å². The number of hydrogen-bond acceptors (Lipinski definition) is 4. The third-order valence-electron chi connectivity index (χ3n) is 3.27. The number of ether oxygens (including phenoxy) is 2. The molecule has 0 heterocycles. The van der Waals surface area contributed by atoms with E-state index in [1.807, 2.05) is 24.3 Å². The molecule has 0 radical (unpaired) electrons. The molecule has 0 spiro atoms. The fourth-order valence-electron chi connectivity index (χ4n) is 2.01. The van der Waals surface area contributed by atoms with Crippen molar-refractivity contribution in [1.82, 2.24) is 5.32 Å². The summed E-state index contributed by atoms with van der Waals surface area (Å²) in [6.45, 7) is 2.60. The van der Waals surface area contributed by atoms with Crippen LogP contribution in [0, 0.1) is 0 Å². The number of aliphatic hydroxyl groups is 1. The number of hydrogen-bond donors (Lipinski definition) is 2. The molecule has 1 aromatic rings. The van der Waals surface area contributed by atoms with Crippen LogP contribution in [0.3, 0.4) is 0 Å². The predicted molar refractivity (Wildman–Crippen MR) is 87.1 cm³/mol. The maximum atomic E-state index is 12.0. The molecule has 1 amide bonds. The molecule has 5 heteroatoms. The minimum Gasteiger partial charge on any atom is -0.493 e. The summed E-state index contributed by atoms with van der Waals surface area (Å²) in [6, 6.07) is 5.51. The highest BCUT2D eigenvalue weighted by atomic mass is 16.5. The second-order valence-electron chi connectivity index (χ2n) is 4.98. The minimum atomic E-state index is -0.0845. The first-order chi connectivity index (χ1) is 10.6. The summed E-state index contributed by atoms with van der Waals surface area (Å²) in [5.41, 5.74) is 1.51. The molecule has 0 aliphatic heterocycles. The van der Waals surface area contributed by atoms with Crippen molar-refractivity contribution in [1.29, 1.82) is 0 Å². The van der Waals surface area contributed by atoms with Crippen molar-refractivity contribution in [3.05, 3.63) is 29.3 Å². The highest BCUT2D eigenvalue weighted by molar-refractivity contribution is 5.97. The molecule has 0 atom stereocenters. The van der Waals surface area contributed by atoms with Gasteiger partial charge in [0.25, 0.3) is 0 Å². The van der Waals surface area contributed by atoms with Gasteiger partial charge in [-0.05, 0) is 50.0 Å². The summed E-state index contributed by atoms with van der Waals surface area (Å²) < 4.78 is 10.4. The zero-order valence-corrected chi connectivity index (χ0v) is 13.5. The van der Waals surface area contributed by atoms with Crippen LogP contribution < -0.4 is 14.8 Å². The van der Waals surface area contributed by atoms with Gasteiger partial charge in [0, 0.05) is 18.7 Å². The lowest BCUT2D eigenvalue weighted by molar-refractivity contribution is -0.117. The van der Waals surface area contributed by atoms with Crippen molar-refractivity contribution >= 4 is 12.0 Å². The standard InChI is InChI=1S/C17H25NO4/c1-13(17(20)18-9-5-4-6-10-19)11-14-7-8-15(21-2)16(12-14)22-3/h7-8,11-12,19H,4-6,9-10H2,1-3H3,(H,18,20)/b13-11+. The van der Waals surface area contributed by atoms with Crippen molar-refractivity contribution in [3.8, 4) is 11.5 Å². The van der Waals surface area contributed by atoms with E-state index in [2.05, 4.69) is 5.32 Å². The molecule has 0 bridgehead atoms. The Labute approximate surface area is 131 Å². The number of methoxy groups -OCH3 is 2. The maximum Gasteiger partial charge on any atom is 0.246 e. The second-order valence-corrected chi connectivity index (χ2v) is 4.98. The van der Waals surface area contributed by atoms with E-state index in [0.29, 0.717) is 23.6 Å². The van der Waals surface area contributed by atoms with Crippen molar-refractivity contribution in [2.75, 3.05) is 27.4 Å². The van der Waals surface area contributed by atoms with Gasteiger partial charge < -0.3 is 19.9 Å². The van der Waals surface area contributed by atoms with Crippen molar-refractivity contribution in [2.24, 2.45) is 0 Å². The van der Waals surface area contributed by atoms with Gasteiger partial charge >= 0.3 is 0 Å². The Hall–Kier alpha value is -2.01. The van der Waals surface area contributed by atoms with E-state index >= 15 is 0 Å². The number of nitrogens with one attached hydrogen (secondary N) is 1. The average Bonchev–Trinajstić information content (AvgIpc) is 2.54. The quantitative estimate of drug-likeness (QED) is 0.543. The van der Waals surface area contributed by atoms with Crippen LogP contribution in [0.1, 0.15) is 31.7 Å². The van der Waals surface area contributed by atoms with Crippen LogP contribution in [0.15, 0.2) is 23.8 Å². The molecule has 0 saturated heterocycles. The Kier molecular flexibility index (Phi) is 8.07. The molecule has 22 heavy (non-hydrogen) atoms. The van der Waals surface area contributed by atoms with Gasteiger partial charge in [0.05, 0.1) is 14.2 Å². The monoisotopic (exact) mass is 307 g/mol.